The minimum Gasteiger partial charge on any atom is -0.265 e. The van der Waals surface area contributed by atoms with Gasteiger partial charge >= 0.3 is 0 Å². The third-order valence-electron chi connectivity index (χ3n) is 0.981. The van der Waals surface area contributed by atoms with Crippen molar-refractivity contribution in [2.24, 2.45) is 0 Å². The molecule has 0 atom stereocenters. The summed E-state index contributed by atoms with van der Waals surface area (Å²) in [6.07, 6.45) is 3.58. The SMILES string of the molecule is SSCc1ccncc1. The monoisotopic (exact) mass is 157 g/mol. The zero-order valence-corrected chi connectivity index (χ0v) is 6.53. The topological polar surface area (TPSA) is 12.9 Å². The molecule has 0 radical (unpaired) electrons. The van der Waals surface area contributed by atoms with Crippen LogP contribution in [0.1, 0.15) is 5.56 Å². The van der Waals surface area contributed by atoms with Gasteiger partial charge in [0.05, 0.1) is 0 Å². The Labute approximate surface area is 63.7 Å². The minimum atomic E-state index is 0.950. The first-order valence-corrected chi connectivity index (χ1v) is 4.62. The third kappa shape index (κ3) is 2.28. The molecule has 0 aliphatic rings. The van der Waals surface area contributed by atoms with Crippen molar-refractivity contribution < 1.29 is 0 Å². The standard InChI is InChI=1S/C6H7NS2/c8-9-5-6-1-3-7-4-2-6/h1-4,8H,5H2. The Bertz CT molecular complexity index is 164. The van der Waals surface area contributed by atoms with Crippen LogP contribution in [0.3, 0.4) is 0 Å². The lowest BCUT2D eigenvalue weighted by Gasteiger charge is -1.92. The number of thiol groups is 1. The summed E-state index contributed by atoms with van der Waals surface area (Å²) < 4.78 is 0. The largest absolute Gasteiger partial charge is 0.265 e. The predicted octanol–water partition coefficient (Wildman–Crippen LogP) is 2.16. The molecule has 0 N–H and O–H groups in total. The fourth-order valence-corrected chi connectivity index (χ4v) is 1.34. The molecule has 1 aromatic rings. The molecular formula is C6H7NS2. The van der Waals surface area contributed by atoms with Crippen molar-refractivity contribution in [1.82, 2.24) is 4.98 Å². The van der Waals surface area contributed by atoms with Crippen molar-refractivity contribution in [3.8, 4) is 0 Å². The van der Waals surface area contributed by atoms with Crippen molar-refractivity contribution in [3.05, 3.63) is 30.1 Å². The molecule has 0 fully saturated rings. The van der Waals surface area contributed by atoms with Gasteiger partial charge in [-0.2, -0.15) is 0 Å². The van der Waals surface area contributed by atoms with Gasteiger partial charge in [-0.25, -0.2) is 0 Å². The molecule has 3 heteroatoms. The molecule has 0 aliphatic heterocycles. The third-order valence-corrected chi connectivity index (χ3v) is 1.83. The molecule has 0 saturated carbocycles. The van der Waals surface area contributed by atoms with Crippen molar-refractivity contribution >= 4 is 22.5 Å². The molecule has 0 spiro atoms. The van der Waals surface area contributed by atoms with Gasteiger partial charge in [0, 0.05) is 18.1 Å². The van der Waals surface area contributed by atoms with Crippen LogP contribution >= 0.6 is 22.5 Å². The van der Waals surface area contributed by atoms with Gasteiger partial charge in [0.2, 0.25) is 0 Å². The normalized spacial score (nSPS) is 9.44. The van der Waals surface area contributed by atoms with E-state index in [0.717, 1.165) is 5.75 Å². The van der Waals surface area contributed by atoms with E-state index in [1.807, 2.05) is 12.1 Å². The minimum absolute atomic E-state index is 0.950. The first kappa shape index (κ1) is 6.96. The molecule has 0 aromatic carbocycles. The van der Waals surface area contributed by atoms with Crippen LogP contribution < -0.4 is 0 Å². The average Bonchev–Trinajstić information content (AvgIpc) is 1.91. The predicted molar refractivity (Wildman–Crippen MR) is 44.5 cm³/mol. The number of hydrogen-bond acceptors (Lipinski definition) is 3. The molecule has 1 rings (SSSR count). The quantitative estimate of drug-likeness (QED) is 0.522. The summed E-state index contributed by atoms with van der Waals surface area (Å²) in [6.45, 7) is 0. The van der Waals surface area contributed by atoms with Crippen molar-refractivity contribution in [1.29, 1.82) is 0 Å². The molecule has 1 nitrogen and oxygen atoms in total. The number of nitrogens with zero attached hydrogens (tertiary/aromatic N) is 1. The van der Waals surface area contributed by atoms with Crippen LogP contribution in [0, 0.1) is 0 Å². The van der Waals surface area contributed by atoms with Crippen LogP contribution in [0.25, 0.3) is 0 Å². The highest BCUT2D eigenvalue weighted by Crippen LogP contribution is 2.13. The van der Waals surface area contributed by atoms with Gasteiger partial charge in [-0.15, -0.1) is 11.7 Å². The molecule has 9 heavy (non-hydrogen) atoms. The Morgan fingerprint density at radius 3 is 2.67 bits per heavy atom. The van der Waals surface area contributed by atoms with E-state index in [2.05, 4.69) is 16.6 Å². The molecule has 0 amide bonds. The summed E-state index contributed by atoms with van der Waals surface area (Å²) >= 11 is 4.03. The van der Waals surface area contributed by atoms with E-state index in [4.69, 9.17) is 0 Å². The lowest BCUT2D eigenvalue weighted by molar-refractivity contribution is 1.27. The summed E-state index contributed by atoms with van der Waals surface area (Å²) in [5.74, 6) is 0.950. The number of rotatable bonds is 2. The van der Waals surface area contributed by atoms with Gasteiger partial charge in [0.1, 0.15) is 0 Å². The second kappa shape index (κ2) is 3.80. The Kier molecular flexibility index (Phi) is 2.94. The molecule has 48 valence electrons. The Balaban J connectivity index is 2.61. The highest BCUT2D eigenvalue weighted by molar-refractivity contribution is 8.68. The van der Waals surface area contributed by atoms with Crippen molar-refractivity contribution in [2.45, 2.75) is 5.75 Å². The zero-order chi connectivity index (χ0) is 6.53. The first-order chi connectivity index (χ1) is 4.43. The Hall–Kier alpha value is -0.150. The lowest BCUT2D eigenvalue weighted by atomic mass is 10.3. The van der Waals surface area contributed by atoms with Crippen LogP contribution in [0.4, 0.5) is 0 Å². The summed E-state index contributed by atoms with van der Waals surface area (Å²) in [5, 5.41) is 0. The number of aromatic nitrogens is 1. The van der Waals surface area contributed by atoms with Gasteiger partial charge in [0.15, 0.2) is 0 Å². The van der Waals surface area contributed by atoms with E-state index in [9.17, 15) is 0 Å². The van der Waals surface area contributed by atoms with Crippen LogP contribution in [0.15, 0.2) is 24.5 Å². The van der Waals surface area contributed by atoms with Gasteiger partial charge < -0.3 is 0 Å². The smallest absolute Gasteiger partial charge is 0.0287 e. The molecule has 0 bridgehead atoms. The van der Waals surface area contributed by atoms with Crippen molar-refractivity contribution in [2.75, 3.05) is 0 Å². The summed E-state index contributed by atoms with van der Waals surface area (Å²) in [4.78, 5) is 3.89. The average molecular weight is 157 g/mol. The zero-order valence-electron chi connectivity index (χ0n) is 4.82. The molecule has 0 unspecified atom stereocenters. The molecular weight excluding hydrogens is 150 g/mol. The van der Waals surface area contributed by atoms with E-state index in [-0.39, 0.29) is 0 Å². The second-order valence-electron chi connectivity index (χ2n) is 1.63. The number of pyridine rings is 1. The molecule has 0 saturated heterocycles. The van der Waals surface area contributed by atoms with E-state index < -0.39 is 0 Å². The molecule has 0 aliphatic carbocycles. The lowest BCUT2D eigenvalue weighted by Crippen LogP contribution is -1.76. The highest BCUT2D eigenvalue weighted by atomic mass is 33.1. The maximum atomic E-state index is 4.03. The van der Waals surface area contributed by atoms with Crippen LogP contribution in [-0.2, 0) is 5.75 Å². The van der Waals surface area contributed by atoms with Crippen LogP contribution in [0.2, 0.25) is 0 Å². The molecule has 1 heterocycles. The van der Waals surface area contributed by atoms with Crippen LogP contribution in [-0.4, -0.2) is 4.98 Å². The first-order valence-electron chi connectivity index (χ1n) is 2.59. The van der Waals surface area contributed by atoms with Gasteiger partial charge in [0.25, 0.3) is 0 Å². The Morgan fingerprint density at radius 2 is 2.11 bits per heavy atom. The summed E-state index contributed by atoms with van der Waals surface area (Å²) in [5.41, 5.74) is 1.27. The maximum Gasteiger partial charge on any atom is 0.0287 e. The van der Waals surface area contributed by atoms with Crippen LogP contribution in [0.5, 0.6) is 0 Å². The summed E-state index contributed by atoms with van der Waals surface area (Å²) in [7, 11) is 1.52. The van der Waals surface area contributed by atoms with Gasteiger partial charge in [-0.3, -0.25) is 4.98 Å². The van der Waals surface area contributed by atoms with E-state index in [0.29, 0.717) is 0 Å². The van der Waals surface area contributed by atoms with Gasteiger partial charge in [-0.1, -0.05) is 10.8 Å². The second-order valence-corrected chi connectivity index (χ2v) is 2.95. The van der Waals surface area contributed by atoms with Gasteiger partial charge in [-0.05, 0) is 17.7 Å². The maximum absolute atomic E-state index is 4.03. The fraction of sp³-hybridized carbons (Fsp3) is 0.167. The Morgan fingerprint density at radius 1 is 1.44 bits per heavy atom. The van der Waals surface area contributed by atoms with E-state index in [1.165, 1.54) is 16.4 Å². The summed E-state index contributed by atoms with van der Waals surface area (Å²) in [6, 6.07) is 3.98. The highest BCUT2D eigenvalue weighted by Gasteiger charge is 1.86. The molecule has 1 aromatic heterocycles. The fourth-order valence-electron chi connectivity index (χ4n) is 0.554. The van der Waals surface area contributed by atoms with E-state index >= 15 is 0 Å². The van der Waals surface area contributed by atoms with E-state index in [1.54, 1.807) is 12.4 Å². The van der Waals surface area contributed by atoms with Crippen molar-refractivity contribution in [3.63, 3.8) is 0 Å². The number of hydrogen-bond donors (Lipinski definition) is 1.